The molecule has 0 saturated heterocycles. The number of carbonyl (C=O) groups excluding carboxylic acids is 2. The molecule has 0 aliphatic carbocycles. The highest BCUT2D eigenvalue weighted by Gasteiger charge is 2.24. The molecule has 0 unspecified atom stereocenters. The van der Waals surface area contributed by atoms with Crippen molar-refractivity contribution in [3.05, 3.63) is 71.7 Å². The lowest BCUT2D eigenvalue weighted by atomic mass is 10.0. The third kappa shape index (κ3) is 14.2. The fourth-order valence-corrected chi connectivity index (χ4v) is 5.76. The Morgan fingerprint density at radius 1 is 1.07 bits per heavy atom. The van der Waals surface area contributed by atoms with E-state index in [1.165, 1.54) is 17.7 Å². The highest BCUT2D eigenvalue weighted by atomic mass is 32.1. The van der Waals surface area contributed by atoms with Crippen molar-refractivity contribution in [3.63, 3.8) is 0 Å². The molecule has 4 heterocycles. The zero-order valence-electron chi connectivity index (χ0n) is 35.9. The predicted octanol–water partition coefficient (Wildman–Crippen LogP) is 8.45. The summed E-state index contributed by atoms with van der Waals surface area (Å²) >= 11 is 1.43. The molecular weight excluding hydrogens is 713 g/mol. The number of aromatic nitrogens is 6. The van der Waals surface area contributed by atoms with E-state index in [1.54, 1.807) is 42.3 Å². The number of nitrogens with one attached hydrogen (secondary N) is 1. The number of rotatable bonds is 13. The highest BCUT2D eigenvalue weighted by molar-refractivity contribution is 7.19. The molecule has 4 rings (SSSR count). The average Bonchev–Trinajstić information content (AvgIpc) is 3.90. The first-order valence-corrected chi connectivity index (χ1v) is 19.4. The summed E-state index contributed by atoms with van der Waals surface area (Å²) in [6.07, 6.45) is 12.3. The second-order valence-corrected chi connectivity index (χ2v) is 13.1. The summed E-state index contributed by atoms with van der Waals surface area (Å²) in [6, 6.07) is 2.61. The van der Waals surface area contributed by atoms with Gasteiger partial charge in [-0.15, -0.1) is 11.3 Å². The Bertz CT molecular complexity index is 1860. The van der Waals surface area contributed by atoms with E-state index < -0.39 is 0 Å². The van der Waals surface area contributed by atoms with Crippen LogP contribution in [0.2, 0.25) is 0 Å². The molecule has 0 atom stereocenters. The smallest absolute Gasteiger partial charge is 0.268 e. The summed E-state index contributed by atoms with van der Waals surface area (Å²) < 4.78 is 7.76. The van der Waals surface area contributed by atoms with Gasteiger partial charge in [-0.3, -0.25) is 44.0 Å². The molecule has 1 amide bonds. The third-order valence-corrected chi connectivity index (χ3v) is 9.08. The summed E-state index contributed by atoms with van der Waals surface area (Å²) in [5.74, 6) is 0.0747. The van der Waals surface area contributed by atoms with Crippen molar-refractivity contribution in [2.24, 2.45) is 27.8 Å². The maximum atomic E-state index is 12.7. The number of ketones is 1. The van der Waals surface area contributed by atoms with Gasteiger partial charge in [0.15, 0.2) is 5.82 Å². The number of likely N-dealkylation sites (N-methyl/N-ethyl adjacent to an activating group) is 1. The quantitative estimate of drug-likeness (QED) is 0.0346. The van der Waals surface area contributed by atoms with Crippen LogP contribution in [-0.2, 0) is 7.05 Å². The van der Waals surface area contributed by atoms with Crippen LogP contribution in [-0.4, -0.2) is 91.9 Å². The van der Waals surface area contributed by atoms with Gasteiger partial charge in [-0.05, 0) is 85.5 Å². The van der Waals surface area contributed by atoms with Crippen LogP contribution >= 0.6 is 11.3 Å². The Morgan fingerprint density at radius 3 is 2.13 bits per heavy atom. The first-order chi connectivity index (χ1) is 26.1. The van der Waals surface area contributed by atoms with Crippen molar-refractivity contribution in [1.29, 1.82) is 0 Å². The van der Waals surface area contributed by atoms with Crippen LogP contribution in [0.15, 0.2) is 69.8 Å². The Balaban J connectivity index is 0.000000904. The van der Waals surface area contributed by atoms with Crippen molar-refractivity contribution in [1.82, 2.24) is 39.1 Å². The van der Waals surface area contributed by atoms with E-state index >= 15 is 0 Å². The lowest BCUT2D eigenvalue weighted by molar-refractivity contribution is 0.0832. The van der Waals surface area contributed by atoms with Crippen molar-refractivity contribution in [2.45, 2.75) is 95.2 Å². The second-order valence-electron chi connectivity index (χ2n) is 12.1. The SMILES string of the molecule is C=C(C(=O)c1nccn1C)/C(C)=C(\C)n1ccn1C(C)C.C=Nc1sc(-c2ccn(C(C)C)n2)c(C)c1C(=O)NN(C)CCN=CC.CC.CC.CN=CN. The summed E-state index contributed by atoms with van der Waals surface area (Å²) in [4.78, 5) is 41.8. The van der Waals surface area contributed by atoms with Crippen LogP contribution in [0.1, 0.15) is 115 Å². The average molecular weight is 779 g/mol. The van der Waals surface area contributed by atoms with E-state index in [9.17, 15) is 9.59 Å². The number of aryl methyl sites for hydroxylation is 1. The van der Waals surface area contributed by atoms with E-state index in [1.807, 2.05) is 96.5 Å². The summed E-state index contributed by atoms with van der Waals surface area (Å²) in [5.41, 5.74) is 12.2. The first-order valence-electron chi connectivity index (χ1n) is 18.5. The molecule has 0 bridgehead atoms. The van der Waals surface area contributed by atoms with Crippen LogP contribution in [0, 0.1) is 6.92 Å². The molecule has 4 aromatic rings. The Hall–Kier alpha value is -5.15. The molecule has 0 spiro atoms. The van der Waals surface area contributed by atoms with Crippen LogP contribution in [0.5, 0.6) is 0 Å². The zero-order chi connectivity index (χ0) is 42.4. The fourth-order valence-electron chi connectivity index (χ4n) is 4.69. The Labute approximate surface area is 333 Å². The lowest BCUT2D eigenvalue weighted by Gasteiger charge is -2.26. The van der Waals surface area contributed by atoms with E-state index in [0.717, 1.165) is 27.4 Å². The van der Waals surface area contributed by atoms with Gasteiger partial charge in [-0.25, -0.2) is 9.99 Å². The number of imidazole rings is 1. The first kappa shape index (κ1) is 49.9. The molecule has 4 aromatic heterocycles. The number of allylic oxidation sites excluding steroid dienone is 3. The molecule has 3 N–H and O–H groups in total. The van der Waals surface area contributed by atoms with Crippen LogP contribution < -0.4 is 11.2 Å². The predicted molar refractivity (Wildman–Crippen MR) is 234 cm³/mol. The number of nitrogens with zero attached hydrogens (tertiary/aromatic N) is 10. The number of amides is 1. The molecular formula is C40H66N12O2S. The summed E-state index contributed by atoms with van der Waals surface area (Å²) in [7, 11) is 5.25. The van der Waals surface area contributed by atoms with Gasteiger partial charge >= 0.3 is 0 Å². The minimum Gasteiger partial charge on any atom is -0.390 e. The molecule has 0 aliphatic heterocycles. The lowest BCUT2D eigenvalue weighted by Crippen LogP contribution is -2.40. The maximum Gasteiger partial charge on any atom is 0.268 e. The van der Waals surface area contributed by atoms with E-state index in [-0.39, 0.29) is 17.7 Å². The maximum absolute atomic E-state index is 12.7. The van der Waals surface area contributed by atoms with Crippen LogP contribution in [0.25, 0.3) is 16.3 Å². The van der Waals surface area contributed by atoms with Crippen molar-refractivity contribution in [3.8, 4) is 10.6 Å². The number of Topliss-reactive ketones (excluding diaryl/α,β-unsaturated/α-hetero) is 1. The van der Waals surface area contributed by atoms with Crippen molar-refractivity contribution < 1.29 is 9.59 Å². The van der Waals surface area contributed by atoms with Gasteiger partial charge in [-0.2, -0.15) is 5.10 Å². The van der Waals surface area contributed by atoms with E-state index in [2.05, 4.69) is 76.2 Å². The highest BCUT2D eigenvalue weighted by Crippen LogP contribution is 2.40. The molecule has 0 fully saturated rings. The molecule has 15 heteroatoms. The second kappa shape index (κ2) is 25.8. The Kier molecular flexibility index (Phi) is 23.4. The van der Waals surface area contributed by atoms with Crippen molar-refractivity contribution >= 4 is 53.0 Å². The number of hydrogen-bond acceptors (Lipinski definition) is 9. The van der Waals surface area contributed by atoms with Crippen LogP contribution in [0.3, 0.4) is 0 Å². The monoisotopic (exact) mass is 779 g/mol. The number of thiophene rings is 1. The largest absolute Gasteiger partial charge is 0.390 e. The number of nitrogens with two attached hydrogens (primary N) is 1. The molecule has 0 radical (unpaired) electrons. The van der Waals surface area contributed by atoms with Gasteiger partial charge < -0.3 is 10.3 Å². The summed E-state index contributed by atoms with van der Waals surface area (Å²) in [5, 5.41) is 6.94. The van der Waals surface area contributed by atoms with Gasteiger partial charge in [0, 0.05) is 82.0 Å². The number of hydrazine groups is 1. The van der Waals surface area contributed by atoms with Gasteiger partial charge in [0.25, 0.3) is 5.91 Å². The molecule has 55 heavy (non-hydrogen) atoms. The molecule has 0 aliphatic rings. The van der Waals surface area contributed by atoms with Gasteiger partial charge in [0.1, 0.15) is 10.7 Å². The van der Waals surface area contributed by atoms with Gasteiger partial charge in [0.05, 0.1) is 23.3 Å². The van der Waals surface area contributed by atoms with E-state index in [4.69, 9.17) is 5.73 Å². The molecule has 14 nitrogen and oxygen atoms in total. The Morgan fingerprint density at radius 2 is 1.69 bits per heavy atom. The van der Waals surface area contributed by atoms with E-state index in [0.29, 0.717) is 41.1 Å². The fraction of sp³-hybridized carbons (Fsp3) is 0.475. The minimum absolute atomic E-state index is 0.139. The molecule has 304 valence electrons. The number of aliphatic imine (C=N–C) groups is 3. The normalized spacial score (nSPS) is 11.2. The van der Waals surface area contributed by atoms with Gasteiger partial charge in [0.2, 0.25) is 5.78 Å². The zero-order valence-corrected chi connectivity index (χ0v) is 36.7. The number of carbonyl (C=O) groups is 2. The summed E-state index contributed by atoms with van der Waals surface area (Å²) in [6.45, 7) is 32.9. The van der Waals surface area contributed by atoms with Crippen LogP contribution in [0.4, 0.5) is 5.00 Å². The topological polar surface area (TPSA) is 158 Å². The molecule has 0 aromatic carbocycles. The number of hydrogen-bond donors (Lipinski definition) is 2. The molecule has 0 saturated carbocycles. The van der Waals surface area contributed by atoms with Crippen molar-refractivity contribution in [2.75, 3.05) is 27.2 Å². The third-order valence-electron chi connectivity index (χ3n) is 7.83. The van der Waals surface area contributed by atoms with Gasteiger partial charge in [-0.1, -0.05) is 34.3 Å². The standard InChI is InChI=1S/C18H26N6OS.C16H22N4O.C2H6N2.2C2H6/c1-7-20-9-11-23(6)22-17(25)15-13(4)16(26-18(15)19-5)14-8-10-24(21-14)12(2)3;1-11(2)19-9-10-20(19)14(5)12(3)13(4)15(21)16-17-7-8-18(16)6;1-4-2-3;2*1-2/h7-8,10,12H,5,9,11H2,1-4,6H3,(H,22,25);7-11H,4H2,1-3,5-6H3;2H,1H3,(H2,3,4);2*1-2H3/b;14-12+;;;. The minimum atomic E-state index is -0.196.